The SMILES string of the molecule is CC1(C)CCC(C)(C)c2c(-c3ccccc3N(c3ccc(-c4ccccc4)cc3)c3cccc4c3-c3ccccc3C43C4CC5CC(C4)CC3C5)cccc21. The van der Waals surface area contributed by atoms with Gasteiger partial charge in [-0.3, -0.25) is 0 Å². The number of anilines is 3. The van der Waals surface area contributed by atoms with E-state index in [1.165, 1.54) is 107 Å². The maximum Gasteiger partial charge on any atom is 0.0543 e. The van der Waals surface area contributed by atoms with E-state index in [9.17, 15) is 0 Å². The molecule has 1 spiro atoms. The smallest absolute Gasteiger partial charge is 0.0543 e. The molecule has 4 saturated carbocycles. The van der Waals surface area contributed by atoms with Gasteiger partial charge in [-0.1, -0.05) is 143 Å². The number of para-hydroxylation sites is 1. The van der Waals surface area contributed by atoms with E-state index < -0.39 is 0 Å². The highest BCUT2D eigenvalue weighted by Gasteiger charge is 2.62. The summed E-state index contributed by atoms with van der Waals surface area (Å²) in [6.45, 7) is 9.83. The molecule has 6 aromatic carbocycles. The zero-order chi connectivity index (χ0) is 37.1. The van der Waals surface area contributed by atoms with Crippen LogP contribution in [0.4, 0.5) is 17.1 Å². The van der Waals surface area contributed by atoms with Crippen molar-refractivity contribution < 1.29 is 0 Å². The van der Waals surface area contributed by atoms with Crippen LogP contribution in [0.5, 0.6) is 0 Å². The minimum absolute atomic E-state index is 0.0789. The third-order valence-corrected chi connectivity index (χ3v) is 15.3. The normalized spacial score (nSPS) is 26.0. The van der Waals surface area contributed by atoms with Gasteiger partial charge in [0.1, 0.15) is 0 Å². The van der Waals surface area contributed by atoms with Crippen LogP contribution in [-0.2, 0) is 16.2 Å². The van der Waals surface area contributed by atoms with E-state index in [-0.39, 0.29) is 16.2 Å². The summed E-state index contributed by atoms with van der Waals surface area (Å²) in [6, 6.07) is 53.6. The summed E-state index contributed by atoms with van der Waals surface area (Å²) in [5.74, 6) is 3.30. The molecule has 0 unspecified atom stereocenters. The van der Waals surface area contributed by atoms with E-state index in [0.29, 0.717) is 0 Å². The van der Waals surface area contributed by atoms with Crippen molar-refractivity contribution in [3.8, 4) is 33.4 Å². The van der Waals surface area contributed by atoms with Crippen LogP contribution >= 0.6 is 0 Å². The molecule has 1 heteroatoms. The molecule has 0 aliphatic heterocycles. The molecule has 0 N–H and O–H groups in total. The van der Waals surface area contributed by atoms with Gasteiger partial charge in [0, 0.05) is 22.2 Å². The van der Waals surface area contributed by atoms with Crippen molar-refractivity contribution in [2.45, 2.75) is 88.9 Å². The molecule has 6 aliphatic rings. The minimum atomic E-state index is 0.0789. The maximum absolute atomic E-state index is 2.63. The van der Waals surface area contributed by atoms with Gasteiger partial charge in [0.05, 0.1) is 11.4 Å². The molecule has 0 saturated heterocycles. The Kier molecular flexibility index (Phi) is 7.34. The first-order valence-electron chi connectivity index (χ1n) is 21.2. The average molecular weight is 716 g/mol. The van der Waals surface area contributed by atoms with Crippen molar-refractivity contribution in [2.24, 2.45) is 23.7 Å². The summed E-state index contributed by atoms with van der Waals surface area (Å²) < 4.78 is 0. The Hall–Kier alpha value is -4.88. The fraction of sp³-hybridized carbons (Fsp3) is 0.333. The highest BCUT2D eigenvalue weighted by molar-refractivity contribution is 5.98. The number of benzene rings is 6. The first-order chi connectivity index (χ1) is 26.7. The molecule has 6 aliphatic carbocycles. The lowest BCUT2D eigenvalue weighted by atomic mass is 9.43. The Morgan fingerprint density at radius 2 is 0.982 bits per heavy atom. The van der Waals surface area contributed by atoms with Gasteiger partial charge in [0.25, 0.3) is 0 Å². The molecule has 0 radical (unpaired) electrons. The predicted molar refractivity (Wildman–Crippen MR) is 231 cm³/mol. The highest BCUT2D eigenvalue weighted by atomic mass is 15.1. The molecule has 0 heterocycles. The molecular weight excluding hydrogens is 663 g/mol. The maximum atomic E-state index is 2.63. The third kappa shape index (κ3) is 4.84. The van der Waals surface area contributed by atoms with Crippen LogP contribution in [-0.4, -0.2) is 0 Å². The zero-order valence-corrected chi connectivity index (χ0v) is 33.0. The second kappa shape index (κ2) is 12.1. The Balaban J connectivity index is 1.17. The number of hydrogen-bond acceptors (Lipinski definition) is 1. The predicted octanol–water partition coefficient (Wildman–Crippen LogP) is 14.6. The van der Waals surface area contributed by atoms with Crippen LogP contribution in [0.3, 0.4) is 0 Å². The van der Waals surface area contributed by atoms with Crippen molar-refractivity contribution in [2.75, 3.05) is 4.90 Å². The zero-order valence-electron chi connectivity index (χ0n) is 33.0. The average Bonchev–Trinajstić information content (AvgIpc) is 3.51. The molecular formula is C54H53N. The Labute approximate surface area is 328 Å². The summed E-state index contributed by atoms with van der Waals surface area (Å²) in [4.78, 5) is 2.63. The molecule has 0 aromatic heterocycles. The fourth-order valence-corrected chi connectivity index (χ4v) is 13.1. The van der Waals surface area contributed by atoms with Gasteiger partial charge in [-0.05, 0) is 148 Å². The van der Waals surface area contributed by atoms with Gasteiger partial charge in [-0.2, -0.15) is 0 Å². The molecule has 55 heavy (non-hydrogen) atoms. The molecule has 0 atom stereocenters. The van der Waals surface area contributed by atoms with Gasteiger partial charge < -0.3 is 4.90 Å². The lowest BCUT2D eigenvalue weighted by molar-refractivity contribution is -0.0399. The molecule has 4 fully saturated rings. The third-order valence-electron chi connectivity index (χ3n) is 15.3. The molecule has 0 amide bonds. The molecule has 6 aromatic rings. The number of rotatable bonds is 5. The van der Waals surface area contributed by atoms with Crippen LogP contribution in [0, 0.1) is 23.7 Å². The van der Waals surface area contributed by atoms with Gasteiger partial charge in [-0.15, -0.1) is 0 Å². The molecule has 274 valence electrons. The van der Waals surface area contributed by atoms with Crippen molar-refractivity contribution in [1.29, 1.82) is 0 Å². The summed E-state index contributed by atoms with van der Waals surface area (Å²) in [7, 11) is 0. The van der Waals surface area contributed by atoms with E-state index in [2.05, 4.69) is 172 Å². The molecule has 12 rings (SSSR count). The van der Waals surface area contributed by atoms with Gasteiger partial charge in [0.2, 0.25) is 0 Å². The van der Waals surface area contributed by atoms with E-state index in [1.807, 2.05) is 0 Å². The Morgan fingerprint density at radius 1 is 0.436 bits per heavy atom. The molecule has 1 nitrogen and oxygen atoms in total. The van der Waals surface area contributed by atoms with Gasteiger partial charge >= 0.3 is 0 Å². The van der Waals surface area contributed by atoms with Crippen LogP contribution in [0.15, 0.2) is 140 Å². The topological polar surface area (TPSA) is 3.24 Å². The second-order valence-electron chi connectivity index (χ2n) is 19.2. The van der Waals surface area contributed by atoms with Crippen molar-refractivity contribution >= 4 is 17.1 Å². The van der Waals surface area contributed by atoms with Crippen molar-refractivity contribution in [3.63, 3.8) is 0 Å². The first kappa shape index (κ1) is 33.5. The highest BCUT2D eigenvalue weighted by Crippen LogP contribution is 2.70. The van der Waals surface area contributed by atoms with Crippen molar-refractivity contribution in [3.05, 3.63) is 162 Å². The van der Waals surface area contributed by atoms with E-state index in [4.69, 9.17) is 0 Å². The molecule has 4 bridgehead atoms. The van der Waals surface area contributed by atoms with E-state index >= 15 is 0 Å². The number of fused-ring (bicyclic) bond motifs is 4. The van der Waals surface area contributed by atoms with Crippen LogP contribution in [0.1, 0.15) is 94.9 Å². The summed E-state index contributed by atoms with van der Waals surface area (Å²) in [6.07, 6.45) is 9.43. The summed E-state index contributed by atoms with van der Waals surface area (Å²) in [5, 5.41) is 0. The van der Waals surface area contributed by atoms with E-state index in [0.717, 1.165) is 23.7 Å². The second-order valence-corrected chi connectivity index (χ2v) is 19.2. The van der Waals surface area contributed by atoms with E-state index in [1.54, 1.807) is 11.1 Å². The lowest BCUT2D eigenvalue weighted by Crippen LogP contribution is -2.55. The number of hydrogen-bond donors (Lipinski definition) is 0. The lowest BCUT2D eigenvalue weighted by Gasteiger charge is -2.61. The largest absolute Gasteiger partial charge is 0.309 e. The van der Waals surface area contributed by atoms with Crippen LogP contribution in [0.2, 0.25) is 0 Å². The standard InChI is InChI=1S/C54H53N/c1-52(2)28-29-53(3,4)51-43(18-12-21-47(51)52)42-16-9-11-22-48(42)55(41-26-24-38(25-27-41)37-14-6-5-7-15-37)49-23-13-20-46-50(49)44-17-8-10-19-45(44)54(46)39-31-35-30-36(33-39)34-40(54)32-35/h5-27,35-36,39-40H,28-34H2,1-4H3. The van der Waals surface area contributed by atoms with Crippen LogP contribution < -0.4 is 4.90 Å². The monoisotopic (exact) mass is 715 g/mol. The summed E-state index contributed by atoms with van der Waals surface area (Å²) >= 11 is 0. The number of nitrogens with zero attached hydrogens (tertiary/aromatic N) is 1. The quantitative estimate of drug-likeness (QED) is 0.172. The minimum Gasteiger partial charge on any atom is -0.309 e. The Bertz CT molecular complexity index is 2420. The Morgan fingerprint density at radius 3 is 1.73 bits per heavy atom. The fourth-order valence-electron chi connectivity index (χ4n) is 13.1. The van der Waals surface area contributed by atoms with Crippen molar-refractivity contribution in [1.82, 2.24) is 0 Å². The van der Waals surface area contributed by atoms with Gasteiger partial charge in [0.15, 0.2) is 0 Å². The first-order valence-corrected chi connectivity index (χ1v) is 21.2. The van der Waals surface area contributed by atoms with Crippen LogP contribution in [0.25, 0.3) is 33.4 Å². The van der Waals surface area contributed by atoms with Gasteiger partial charge in [-0.25, -0.2) is 0 Å². The summed E-state index contributed by atoms with van der Waals surface area (Å²) in [5.41, 5.74) is 18.4.